The van der Waals surface area contributed by atoms with Crippen molar-refractivity contribution >= 4 is 11.8 Å². The van der Waals surface area contributed by atoms with Crippen molar-refractivity contribution in [3.63, 3.8) is 0 Å². The van der Waals surface area contributed by atoms with Crippen LogP contribution in [0, 0.1) is 5.92 Å². The third kappa shape index (κ3) is 7.39. The molecule has 0 aromatic heterocycles. The van der Waals surface area contributed by atoms with Crippen LogP contribution in [0.1, 0.15) is 40.5 Å². The van der Waals surface area contributed by atoms with Crippen LogP contribution in [0.5, 0.6) is 0 Å². The van der Waals surface area contributed by atoms with E-state index in [9.17, 15) is 0 Å². The molecule has 2 unspecified atom stereocenters. The second kappa shape index (κ2) is 7.69. The van der Waals surface area contributed by atoms with E-state index in [0.717, 1.165) is 11.2 Å². The summed E-state index contributed by atoms with van der Waals surface area (Å²) in [6.45, 7) is 9.18. The molecular weight excluding hydrogens is 178 g/mol. The van der Waals surface area contributed by atoms with Gasteiger partial charge in [-0.05, 0) is 38.5 Å². The molecule has 0 spiro atoms. The fourth-order valence-corrected chi connectivity index (χ4v) is 2.09. The number of nitrogens with one attached hydrogen (secondary N) is 1. The average Bonchev–Trinajstić information content (AvgIpc) is 2.11. The van der Waals surface area contributed by atoms with E-state index in [-0.39, 0.29) is 0 Å². The highest BCUT2D eigenvalue weighted by molar-refractivity contribution is 7.99. The monoisotopic (exact) mass is 203 g/mol. The van der Waals surface area contributed by atoms with Gasteiger partial charge in [-0.2, -0.15) is 11.8 Å². The lowest BCUT2D eigenvalue weighted by molar-refractivity contribution is 0.558. The van der Waals surface area contributed by atoms with E-state index in [0.29, 0.717) is 6.04 Å². The number of hydrogen-bond acceptors (Lipinski definition) is 2. The van der Waals surface area contributed by atoms with Crippen molar-refractivity contribution in [2.45, 2.75) is 51.8 Å². The average molecular weight is 203 g/mol. The summed E-state index contributed by atoms with van der Waals surface area (Å²) in [5.41, 5.74) is 0. The van der Waals surface area contributed by atoms with Crippen molar-refractivity contribution in [2.75, 3.05) is 12.8 Å². The molecule has 0 aromatic carbocycles. The van der Waals surface area contributed by atoms with E-state index in [4.69, 9.17) is 0 Å². The summed E-state index contributed by atoms with van der Waals surface area (Å²) in [6, 6.07) is 0.676. The highest BCUT2D eigenvalue weighted by Gasteiger charge is 2.06. The third-order valence-corrected chi connectivity index (χ3v) is 4.19. The van der Waals surface area contributed by atoms with Gasteiger partial charge in [0.25, 0.3) is 0 Å². The third-order valence-electron chi connectivity index (χ3n) is 2.59. The van der Waals surface area contributed by atoms with Crippen molar-refractivity contribution < 1.29 is 0 Å². The summed E-state index contributed by atoms with van der Waals surface area (Å²) in [6.07, 6.45) is 2.64. The zero-order valence-electron chi connectivity index (χ0n) is 9.76. The van der Waals surface area contributed by atoms with Crippen LogP contribution in [-0.2, 0) is 0 Å². The van der Waals surface area contributed by atoms with Crippen molar-refractivity contribution in [1.29, 1.82) is 0 Å². The first-order valence-electron chi connectivity index (χ1n) is 5.36. The largest absolute Gasteiger partial charge is 0.317 e. The predicted molar refractivity (Wildman–Crippen MR) is 64.5 cm³/mol. The fraction of sp³-hybridized carbons (Fsp3) is 1.00. The van der Waals surface area contributed by atoms with Crippen molar-refractivity contribution in [1.82, 2.24) is 5.32 Å². The fourth-order valence-electron chi connectivity index (χ4n) is 0.996. The molecule has 0 aliphatic carbocycles. The van der Waals surface area contributed by atoms with Crippen LogP contribution in [0.15, 0.2) is 0 Å². The van der Waals surface area contributed by atoms with E-state index < -0.39 is 0 Å². The van der Waals surface area contributed by atoms with Gasteiger partial charge in [-0.15, -0.1) is 0 Å². The molecule has 0 saturated heterocycles. The van der Waals surface area contributed by atoms with Crippen LogP contribution in [0.2, 0.25) is 0 Å². The Morgan fingerprint density at radius 1 is 1.15 bits per heavy atom. The standard InChI is InChI=1S/C11H25NS/c1-9(2)11(4)13-8-6-7-10(3)12-5/h9-12H,6-8H2,1-5H3. The van der Waals surface area contributed by atoms with Gasteiger partial charge in [0.1, 0.15) is 0 Å². The van der Waals surface area contributed by atoms with Crippen LogP contribution >= 0.6 is 11.8 Å². The lowest BCUT2D eigenvalue weighted by Gasteiger charge is -2.15. The van der Waals surface area contributed by atoms with Gasteiger partial charge in [0, 0.05) is 11.3 Å². The first-order valence-corrected chi connectivity index (χ1v) is 6.41. The van der Waals surface area contributed by atoms with Gasteiger partial charge in [-0.3, -0.25) is 0 Å². The molecule has 0 fully saturated rings. The van der Waals surface area contributed by atoms with Crippen LogP contribution in [0.4, 0.5) is 0 Å². The maximum Gasteiger partial charge on any atom is 0.00417 e. The summed E-state index contributed by atoms with van der Waals surface area (Å²) in [4.78, 5) is 0. The topological polar surface area (TPSA) is 12.0 Å². The normalized spacial score (nSPS) is 16.2. The van der Waals surface area contributed by atoms with Gasteiger partial charge < -0.3 is 5.32 Å². The molecule has 2 heteroatoms. The van der Waals surface area contributed by atoms with Crippen molar-refractivity contribution in [3.8, 4) is 0 Å². The molecule has 0 aliphatic heterocycles. The number of thioether (sulfide) groups is 1. The number of hydrogen-bond donors (Lipinski definition) is 1. The molecule has 0 rings (SSSR count). The Morgan fingerprint density at radius 3 is 2.23 bits per heavy atom. The van der Waals surface area contributed by atoms with Gasteiger partial charge in [0.15, 0.2) is 0 Å². The second-order valence-electron chi connectivity index (χ2n) is 4.15. The smallest absolute Gasteiger partial charge is 0.00417 e. The van der Waals surface area contributed by atoms with Crippen LogP contribution in [0.25, 0.3) is 0 Å². The highest BCUT2D eigenvalue weighted by Crippen LogP contribution is 2.19. The van der Waals surface area contributed by atoms with Gasteiger partial charge in [-0.25, -0.2) is 0 Å². The molecule has 0 amide bonds. The highest BCUT2D eigenvalue weighted by atomic mass is 32.2. The van der Waals surface area contributed by atoms with E-state index in [1.807, 2.05) is 7.05 Å². The molecule has 1 nitrogen and oxygen atoms in total. The maximum atomic E-state index is 3.27. The Hall–Kier alpha value is 0.310. The minimum absolute atomic E-state index is 0.676. The summed E-state index contributed by atoms with van der Waals surface area (Å²) in [5.74, 6) is 2.12. The molecule has 0 radical (unpaired) electrons. The maximum absolute atomic E-state index is 3.27. The second-order valence-corrected chi connectivity index (χ2v) is 5.64. The Balaban J connectivity index is 3.25. The predicted octanol–water partition coefficient (Wildman–Crippen LogP) is 3.15. The molecular formula is C11H25NS. The Bertz CT molecular complexity index is 115. The molecule has 0 bridgehead atoms. The van der Waals surface area contributed by atoms with Crippen LogP contribution in [-0.4, -0.2) is 24.1 Å². The zero-order chi connectivity index (χ0) is 10.3. The van der Waals surface area contributed by atoms with Gasteiger partial charge in [0.2, 0.25) is 0 Å². The zero-order valence-corrected chi connectivity index (χ0v) is 10.6. The molecule has 0 saturated carbocycles. The minimum atomic E-state index is 0.676. The Kier molecular flexibility index (Phi) is 7.87. The van der Waals surface area contributed by atoms with E-state index in [2.05, 4.69) is 44.8 Å². The summed E-state index contributed by atoms with van der Waals surface area (Å²) >= 11 is 2.11. The molecule has 0 heterocycles. The molecule has 13 heavy (non-hydrogen) atoms. The quantitative estimate of drug-likeness (QED) is 0.638. The van der Waals surface area contributed by atoms with Gasteiger partial charge in [0.05, 0.1) is 0 Å². The Labute approximate surface area is 88.1 Å². The molecule has 0 aliphatic rings. The van der Waals surface area contributed by atoms with Crippen LogP contribution in [0.3, 0.4) is 0 Å². The van der Waals surface area contributed by atoms with Crippen LogP contribution < -0.4 is 5.32 Å². The Morgan fingerprint density at radius 2 is 1.77 bits per heavy atom. The van der Waals surface area contributed by atoms with Gasteiger partial charge >= 0.3 is 0 Å². The lowest BCUT2D eigenvalue weighted by Crippen LogP contribution is -2.21. The minimum Gasteiger partial charge on any atom is -0.317 e. The lowest BCUT2D eigenvalue weighted by atomic mass is 10.2. The van der Waals surface area contributed by atoms with Crippen molar-refractivity contribution in [2.24, 2.45) is 5.92 Å². The summed E-state index contributed by atoms with van der Waals surface area (Å²) in [5, 5.41) is 4.08. The molecule has 0 aromatic rings. The van der Waals surface area contributed by atoms with E-state index >= 15 is 0 Å². The SMILES string of the molecule is CNC(C)CCCSC(C)C(C)C. The first kappa shape index (κ1) is 13.3. The molecule has 1 N–H and O–H groups in total. The first-order chi connectivity index (χ1) is 6.07. The summed E-state index contributed by atoms with van der Waals surface area (Å²) in [7, 11) is 2.04. The van der Waals surface area contributed by atoms with Crippen molar-refractivity contribution in [3.05, 3.63) is 0 Å². The van der Waals surface area contributed by atoms with Gasteiger partial charge in [-0.1, -0.05) is 20.8 Å². The molecule has 2 atom stereocenters. The van der Waals surface area contributed by atoms with E-state index in [1.165, 1.54) is 18.6 Å². The van der Waals surface area contributed by atoms with E-state index in [1.54, 1.807) is 0 Å². The molecule has 80 valence electrons. The number of rotatable bonds is 7. The summed E-state index contributed by atoms with van der Waals surface area (Å²) < 4.78 is 0.